The molecule has 0 unspecified atom stereocenters. The molecule has 0 aliphatic rings. The highest BCUT2D eigenvalue weighted by atomic mass is 16.5. The number of carbonyl (C=O) groups excluding carboxylic acids is 1. The Morgan fingerprint density at radius 3 is 2.31 bits per heavy atom. The van der Waals surface area contributed by atoms with E-state index in [2.05, 4.69) is 13.8 Å². The van der Waals surface area contributed by atoms with Crippen LogP contribution >= 0.6 is 0 Å². The highest BCUT2D eigenvalue weighted by Gasteiger charge is 2.08. The lowest BCUT2D eigenvalue weighted by molar-refractivity contribution is 0.0424. The number of esters is 1. The fourth-order valence-electron chi connectivity index (χ4n) is 1.23. The smallest absolute Gasteiger partial charge is 0.338 e. The Hall–Kier alpha value is -1.57. The summed E-state index contributed by atoms with van der Waals surface area (Å²) in [6.07, 6.45) is 3.75. The molecule has 1 atom stereocenters. The van der Waals surface area contributed by atoms with Gasteiger partial charge in [-0.05, 0) is 31.1 Å². The first-order valence-electron chi connectivity index (χ1n) is 5.54. The molecule has 0 aromatic heterocycles. The lowest BCUT2D eigenvalue weighted by atomic mass is 10.2. The second-order valence-corrected chi connectivity index (χ2v) is 4.11. The van der Waals surface area contributed by atoms with Gasteiger partial charge in [0.15, 0.2) is 0 Å². The standard InChI is InChI=1S/C14H18O2/c1-11(2)9-10-12(3)16-14(15)13-7-5-4-6-8-13/h4-12H,1-3H3/b10-9+/t12-/m1/s1. The second kappa shape index (κ2) is 6.11. The average molecular weight is 218 g/mol. The van der Waals surface area contributed by atoms with Crippen LogP contribution in [0.1, 0.15) is 31.1 Å². The Morgan fingerprint density at radius 2 is 1.75 bits per heavy atom. The molecule has 2 heteroatoms. The van der Waals surface area contributed by atoms with Crippen molar-refractivity contribution in [1.29, 1.82) is 0 Å². The van der Waals surface area contributed by atoms with E-state index < -0.39 is 0 Å². The molecule has 1 aromatic rings. The van der Waals surface area contributed by atoms with Gasteiger partial charge >= 0.3 is 5.97 Å². The summed E-state index contributed by atoms with van der Waals surface area (Å²) in [6.45, 7) is 6.03. The summed E-state index contributed by atoms with van der Waals surface area (Å²) in [6, 6.07) is 9.03. The van der Waals surface area contributed by atoms with Gasteiger partial charge in [0.25, 0.3) is 0 Å². The van der Waals surface area contributed by atoms with Crippen LogP contribution in [0.4, 0.5) is 0 Å². The predicted molar refractivity (Wildman–Crippen MR) is 65.3 cm³/mol. The Labute approximate surface area is 96.9 Å². The van der Waals surface area contributed by atoms with E-state index in [1.54, 1.807) is 12.1 Å². The van der Waals surface area contributed by atoms with Crippen LogP contribution in [-0.4, -0.2) is 12.1 Å². The van der Waals surface area contributed by atoms with E-state index in [9.17, 15) is 4.79 Å². The molecule has 16 heavy (non-hydrogen) atoms. The molecule has 0 saturated heterocycles. The normalized spacial score (nSPS) is 13.0. The summed E-state index contributed by atoms with van der Waals surface area (Å²) in [5.74, 6) is 0.194. The van der Waals surface area contributed by atoms with Crippen molar-refractivity contribution in [3.05, 3.63) is 48.0 Å². The van der Waals surface area contributed by atoms with Crippen LogP contribution in [0.3, 0.4) is 0 Å². The first kappa shape index (κ1) is 12.5. The Kier molecular flexibility index (Phi) is 4.77. The highest BCUT2D eigenvalue weighted by molar-refractivity contribution is 5.89. The molecular weight excluding hydrogens is 200 g/mol. The number of hydrogen-bond donors (Lipinski definition) is 0. The monoisotopic (exact) mass is 218 g/mol. The highest BCUT2D eigenvalue weighted by Crippen LogP contribution is 2.05. The van der Waals surface area contributed by atoms with Crippen molar-refractivity contribution < 1.29 is 9.53 Å². The van der Waals surface area contributed by atoms with E-state index >= 15 is 0 Å². The van der Waals surface area contributed by atoms with Crippen LogP contribution in [0.25, 0.3) is 0 Å². The fraction of sp³-hybridized carbons (Fsp3) is 0.357. The van der Waals surface area contributed by atoms with Gasteiger partial charge in [-0.15, -0.1) is 0 Å². The molecule has 0 saturated carbocycles. The van der Waals surface area contributed by atoms with Gasteiger partial charge in [0, 0.05) is 0 Å². The lowest BCUT2D eigenvalue weighted by Crippen LogP contribution is -2.12. The summed E-state index contributed by atoms with van der Waals surface area (Å²) < 4.78 is 5.26. The van der Waals surface area contributed by atoms with Crippen molar-refractivity contribution in [2.45, 2.75) is 26.9 Å². The molecule has 0 bridgehead atoms. The zero-order valence-corrected chi connectivity index (χ0v) is 10.0. The molecule has 0 radical (unpaired) electrons. The summed E-state index contributed by atoms with van der Waals surface area (Å²) in [4.78, 5) is 11.6. The number of rotatable bonds is 4. The molecule has 0 aliphatic heterocycles. The molecule has 0 heterocycles. The third kappa shape index (κ3) is 4.30. The van der Waals surface area contributed by atoms with Crippen molar-refractivity contribution in [2.75, 3.05) is 0 Å². The topological polar surface area (TPSA) is 26.3 Å². The van der Waals surface area contributed by atoms with Crippen LogP contribution in [-0.2, 0) is 4.74 Å². The van der Waals surface area contributed by atoms with Crippen molar-refractivity contribution in [3.8, 4) is 0 Å². The van der Waals surface area contributed by atoms with Crippen molar-refractivity contribution in [2.24, 2.45) is 5.92 Å². The molecule has 0 aliphatic carbocycles. The average Bonchev–Trinajstić information content (AvgIpc) is 2.27. The van der Waals surface area contributed by atoms with Crippen molar-refractivity contribution in [3.63, 3.8) is 0 Å². The van der Waals surface area contributed by atoms with Gasteiger partial charge < -0.3 is 4.74 Å². The Morgan fingerprint density at radius 1 is 1.12 bits per heavy atom. The number of benzene rings is 1. The molecule has 0 N–H and O–H groups in total. The van der Waals surface area contributed by atoms with Crippen LogP contribution in [0.5, 0.6) is 0 Å². The summed E-state index contributed by atoms with van der Waals surface area (Å²) in [5.41, 5.74) is 0.590. The molecule has 0 spiro atoms. The maximum absolute atomic E-state index is 11.6. The van der Waals surface area contributed by atoms with Gasteiger partial charge in [0.1, 0.15) is 6.10 Å². The summed E-state index contributed by atoms with van der Waals surface area (Å²) in [5, 5.41) is 0. The molecule has 86 valence electrons. The van der Waals surface area contributed by atoms with Gasteiger partial charge in [0.05, 0.1) is 5.56 Å². The number of hydrogen-bond acceptors (Lipinski definition) is 2. The van der Waals surface area contributed by atoms with Crippen molar-refractivity contribution >= 4 is 5.97 Å². The maximum atomic E-state index is 11.6. The summed E-state index contributed by atoms with van der Waals surface area (Å²) in [7, 11) is 0. The van der Waals surface area contributed by atoms with Crippen molar-refractivity contribution in [1.82, 2.24) is 0 Å². The van der Waals surface area contributed by atoms with Crippen LogP contribution in [0.15, 0.2) is 42.5 Å². The largest absolute Gasteiger partial charge is 0.455 e. The fourth-order valence-corrected chi connectivity index (χ4v) is 1.23. The van der Waals surface area contributed by atoms with Gasteiger partial charge in [0.2, 0.25) is 0 Å². The minimum atomic E-state index is -0.276. The predicted octanol–water partition coefficient (Wildman–Crippen LogP) is 3.44. The van der Waals surface area contributed by atoms with Crippen LogP contribution < -0.4 is 0 Å². The zero-order chi connectivity index (χ0) is 12.0. The number of carbonyl (C=O) groups is 1. The summed E-state index contributed by atoms with van der Waals surface area (Å²) >= 11 is 0. The lowest BCUT2D eigenvalue weighted by Gasteiger charge is -2.09. The molecule has 1 rings (SSSR count). The first-order chi connectivity index (χ1) is 7.59. The molecule has 0 amide bonds. The Balaban J connectivity index is 2.52. The molecular formula is C14H18O2. The van der Waals surface area contributed by atoms with Gasteiger partial charge in [-0.25, -0.2) is 4.79 Å². The minimum Gasteiger partial charge on any atom is -0.455 e. The van der Waals surface area contributed by atoms with Gasteiger partial charge in [-0.1, -0.05) is 38.1 Å². The second-order valence-electron chi connectivity index (χ2n) is 4.11. The van der Waals surface area contributed by atoms with Gasteiger partial charge in [-0.3, -0.25) is 0 Å². The maximum Gasteiger partial charge on any atom is 0.338 e. The van der Waals surface area contributed by atoms with E-state index in [-0.39, 0.29) is 12.1 Å². The zero-order valence-electron chi connectivity index (χ0n) is 10.0. The Bertz CT molecular complexity index is 352. The van der Waals surface area contributed by atoms with Crippen LogP contribution in [0.2, 0.25) is 0 Å². The van der Waals surface area contributed by atoms with E-state index in [0.717, 1.165) is 0 Å². The van der Waals surface area contributed by atoms with E-state index in [1.165, 1.54) is 0 Å². The molecule has 0 fully saturated rings. The third-order valence-corrected chi connectivity index (χ3v) is 2.07. The van der Waals surface area contributed by atoms with Gasteiger partial charge in [-0.2, -0.15) is 0 Å². The molecule has 2 nitrogen and oxygen atoms in total. The van der Waals surface area contributed by atoms with E-state index in [0.29, 0.717) is 11.5 Å². The third-order valence-electron chi connectivity index (χ3n) is 2.07. The number of allylic oxidation sites excluding steroid dienone is 1. The quantitative estimate of drug-likeness (QED) is 0.571. The number of ether oxygens (including phenoxy) is 1. The van der Waals surface area contributed by atoms with E-state index in [1.807, 2.05) is 37.3 Å². The first-order valence-corrected chi connectivity index (χ1v) is 5.54. The minimum absolute atomic E-state index is 0.185. The SMILES string of the molecule is CC(C)/C=C/[C@@H](C)OC(=O)c1ccccc1. The van der Waals surface area contributed by atoms with E-state index in [4.69, 9.17) is 4.74 Å². The molecule has 1 aromatic carbocycles. The van der Waals surface area contributed by atoms with Crippen LogP contribution in [0, 0.1) is 5.92 Å².